The fourth-order valence-electron chi connectivity index (χ4n) is 2.31. The summed E-state index contributed by atoms with van der Waals surface area (Å²) in [5.41, 5.74) is 1.39. The summed E-state index contributed by atoms with van der Waals surface area (Å²) in [6, 6.07) is 10.9. The third-order valence-electron chi connectivity index (χ3n) is 3.29. The third kappa shape index (κ3) is 3.97. The van der Waals surface area contributed by atoms with Crippen LogP contribution in [0.5, 0.6) is 0 Å². The first kappa shape index (κ1) is 15.4. The van der Waals surface area contributed by atoms with Crippen molar-refractivity contribution in [2.75, 3.05) is 0 Å². The van der Waals surface area contributed by atoms with Gasteiger partial charge in [0.1, 0.15) is 11.6 Å². The summed E-state index contributed by atoms with van der Waals surface area (Å²) in [7, 11) is 0. The van der Waals surface area contributed by atoms with Crippen molar-refractivity contribution in [2.45, 2.75) is 26.7 Å². The van der Waals surface area contributed by atoms with E-state index in [2.05, 4.69) is 13.8 Å². The summed E-state index contributed by atoms with van der Waals surface area (Å²) in [5, 5.41) is 0. The Labute approximate surface area is 123 Å². The van der Waals surface area contributed by atoms with Gasteiger partial charge in [0.2, 0.25) is 0 Å². The van der Waals surface area contributed by atoms with Gasteiger partial charge in [0.05, 0.1) is 0 Å². The van der Waals surface area contributed by atoms with Gasteiger partial charge in [0.15, 0.2) is 5.78 Å². The Morgan fingerprint density at radius 3 is 2.29 bits per heavy atom. The maximum absolute atomic E-state index is 13.6. The van der Waals surface area contributed by atoms with Gasteiger partial charge in [0, 0.05) is 17.5 Å². The molecule has 2 aromatic carbocycles. The number of carbonyl (C=O) groups is 1. The minimum absolute atomic E-state index is 0.170. The van der Waals surface area contributed by atoms with Gasteiger partial charge in [0.25, 0.3) is 0 Å². The molecule has 0 spiro atoms. The average molecular weight is 288 g/mol. The molecule has 0 N–H and O–H groups in total. The van der Waals surface area contributed by atoms with E-state index in [0.717, 1.165) is 12.0 Å². The summed E-state index contributed by atoms with van der Waals surface area (Å²) in [6.45, 7) is 4.20. The number of halogens is 2. The minimum Gasteiger partial charge on any atom is -0.294 e. The average Bonchev–Trinajstić information content (AvgIpc) is 2.42. The van der Waals surface area contributed by atoms with Gasteiger partial charge in [-0.25, -0.2) is 8.78 Å². The first-order valence-electron chi connectivity index (χ1n) is 7.02. The minimum atomic E-state index is -0.679. The molecule has 0 aliphatic carbocycles. The van der Waals surface area contributed by atoms with Crippen LogP contribution in [0.25, 0.3) is 0 Å². The topological polar surface area (TPSA) is 17.1 Å². The molecule has 0 bridgehead atoms. The lowest BCUT2D eigenvalue weighted by molar-refractivity contribution is 0.0990. The largest absolute Gasteiger partial charge is 0.294 e. The Morgan fingerprint density at radius 1 is 1.05 bits per heavy atom. The Morgan fingerprint density at radius 2 is 1.67 bits per heavy atom. The second-order valence-electron chi connectivity index (χ2n) is 5.60. The molecule has 0 heterocycles. The molecular formula is C18H18F2O. The third-order valence-corrected chi connectivity index (χ3v) is 3.29. The van der Waals surface area contributed by atoms with Crippen LogP contribution in [0.3, 0.4) is 0 Å². The molecule has 0 saturated carbocycles. The molecule has 21 heavy (non-hydrogen) atoms. The van der Waals surface area contributed by atoms with Gasteiger partial charge in [-0.05, 0) is 36.1 Å². The quantitative estimate of drug-likeness (QED) is 0.735. The number of hydrogen-bond donors (Lipinski definition) is 0. The van der Waals surface area contributed by atoms with Gasteiger partial charge in [-0.2, -0.15) is 0 Å². The van der Waals surface area contributed by atoms with Gasteiger partial charge in [-0.3, -0.25) is 4.79 Å². The van der Waals surface area contributed by atoms with Crippen molar-refractivity contribution >= 4 is 5.78 Å². The monoisotopic (exact) mass is 288 g/mol. The molecule has 0 saturated heterocycles. The van der Waals surface area contributed by atoms with Crippen LogP contribution in [-0.4, -0.2) is 5.78 Å². The van der Waals surface area contributed by atoms with Crippen LogP contribution >= 0.6 is 0 Å². The van der Waals surface area contributed by atoms with E-state index in [9.17, 15) is 13.6 Å². The Bertz CT molecular complexity index is 627. The highest BCUT2D eigenvalue weighted by molar-refractivity contribution is 5.97. The summed E-state index contributed by atoms with van der Waals surface area (Å²) in [5.74, 6) is -1.15. The van der Waals surface area contributed by atoms with Crippen molar-refractivity contribution in [1.29, 1.82) is 0 Å². The first-order chi connectivity index (χ1) is 9.97. The van der Waals surface area contributed by atoms with E-state index >= 15 is 0 Å². The highest BCUT2D eigenvalue weighted by atomic mass is 19.1. The van der Waals surface area contributed by atoms with Gasteiger partial charge < -0.3 is 0 Å². The smallest absolute Gasteiger partial charge is 0.167 e. The number of rotatable bonds is 5. The molecule has 0 aromatic heterocycles. The van der Waals surface area contributed by atoms with Crippen molar-refractivity contribution in [3.63, 3.8) is 0 Å². The predicted octanol–water partition coefficient (Wildman–Crippen LogP) is 4.59. The molecule has 0 unspecified atom stereocenters. The van der Waals surface area contributed by atoms with E-state index in [1.165, 1.54) is 18.2 Å². The SMILES string of the molecule is CC(C)Cc1cccc(C(=O)Cc2c(F)cccc2F)c1. The number of Topliss-reactive ketones (excluding diaryl/α,β-unsaturated/α-hetero) is 1. The van der Waals surface area contributed by atoms with Crippen LogP contribution in [0.2, 0.25) is 0 Å². The van der Waals surface area contributed by atoms with E-state index in [1.54, 1.807) is 12.1 Å². The second-order valence-corrected chi connectivity index (χ2v) is 5.60. The number of benzene rings is 2. The first-order valence-corrected chi connectivity index (χ1v) is 7.02. The molecule has 0 aliphatic rings. The summed E-state index contributed by atoms with van der Waals surface area (Å²) in [6.07, 6.45) is 0.610. The summed E-state index contributed by atoms with van der Waals surface area (Å²) in [4.78, 5) is 12.2. The number of hydrogen-bond acceptors (Lipinski definition) is 1. The van der Waals surface area contributed by atoms with Gasteiger partial charge in [-0.15, -0.1) is 0 Å². The van der Waals surface area contributed by atoms with Crippen LogP contribution in [-0.2, 0) is 12.8 Å². The van der Waals surface area contributed by atoms with Crippen molar-refractivity contribution in [3.8, 4) is 0 Å². The van der Waals surface area contributed by atoms with E-state index < -0.39 is 11.6 Å². The number of carbonyl (C=O) groups excluding carboxylic acids is 1. The lowest BCUT2D eigenvalue weighted by Gasteiger charge is -2.08. The summed E-state index contributed by atoms with van der Waals surface area (Å²) >= 11 is 0. The van der Waals surface area contributed by atoms with E-state index in [-0.39, 0.29) is 17.8 Å². The molecule has 0 atom stereocenters. The Kier molecular flexibility index (Phi) is 4.84. The maximum Gasteiger partial charge on any atom is 0.167 e. The zero-order chi connectivity index (χ0) is 15.4. The molecule has 0 fully saturated rings. The Balaban J connectivity index is 2.21. The van der Waals surface area contributed by atoms with Crippen molar-refractivity contribution < 1.29 is 13.6 Å². The fourth-order valence-corrected chi connectivity index (χ4v) is 2.31. The molecule has 1 nitrogen and oxygen atoms in total. The molecular weight excluding hydrogens is 270 g/mol. The predicted molar refractivity (Wildman–Crippen MR) is 79.4 cm³/mol. The lowest BCUT2D eigenvalue weighted by atomic mass is 9.97. The van der Waals surface area contributed by atoms with Gasteiger partial charge in [-0.1, -0.05) is 38.1 Å². The van der Waals surface area contributed by atoms with Crippen LogP contribution in [0.1, 0.15) is 35.3 Å². The van der Waals surface area contributed by atoms with E-state index in [1.807, 2.05) is 12.1 Å². The zero-order valence-corrected chi connectivity index (χ0v) is 12.2. The van der Waals surface area contributed by atoms with Crippen molar-refractivity contribution in [2.24, 2.45) is 5.92 Å². The highest BCUT2D eigenvalue weighted by Crippen LogP contribution is 2.17. The second kappa shape index (κ2) is 6.61. The van der Waals surface area contributed by atoms with Crippen LogP contribution in [0.15, 0.2) is 42.5 Å². The normalized spacial score (nSPS) is 10.9. The molecule has 2 rings (SSSR count). The van der Waals surface area contributed by atoms with Gasteiger partial charge >= 0.3 is 0 Å². The molecule has 0 radical (unpaired) electrons. The fraction of sp³-hybridized carbons (Fsp3) is 0.278. The molecule has 3 heteroatoms. The standard InChI is InChI=1S/C18H18F2O/c1-12(2)9-13-5-3-6-14(10-13)18(21)11-15-16(19)7-4-8-17(15)20/h3-8,10,12H,9,11H2,1-2H3. The maximum atomic E-state index is 13.6. The van der Waals surface area contributed by atoms with Crippen LogP contribution < -0.4 is 0 Å². The van der Waals surface area contributed by atoms with E-state index in [0.29, 0.717) is 11.5 Å². The molecule has 110 valence electrons. The van der Waals surface area contributed by atoms with Crippen molar-refractivity contribution in [3.05, 3.63) is 70.8 Å². The summed E-state index contributed by atoms with van der Waals surface area (Å²) < 4.78 is 27.2. The van der Waals surface area contributed by atoms with Crippen molar-refractivity contribution in [1.82, 2.24) is 0 Å². The zero-order valence-electron chi connectivity index (χ0n) is 12.2. The van der Waals surface area contributed by atoms with Crippen LogP contribution in [0, 0.1) is 17.6 Å². The van der Waals surface area contributed by atoms with Crippen LogP contribution in [0.4, 0.5) is 8.78 Å². The molecule has 0 aliphatic heterocycles. The highest BCUT2D eigenvalue weighted by Gasteiger charge is 2.14. The molecule has 2 aromatic rings. The number of ketones is 1. The Hall–Kier alpha value is -2.03. The molecule has 0 amide bonds. The van der Waals surface area contributed by atoms with E-state index in [4.69, 9.17) is 0 Å². The lowest BCUT2D eigenvalue weighted by Crippen LogP contribution is -2.08.